The summed E-state index contributed by atoms with van der Waals surface area (Å²) in [6.07, 6.45) is 5.99. The molecule has 0 aliphatic heterocycles. The highest BCUT2D eigenvalue weighted by molar-refractivity contribution is 7.92. The summed E-state index contributed by atoms with van der Waals surface area (Å²) in [5, 5.41) is 9.50. The van der Waals surface area contributed by atoms with Gasteiger partial charge >= 0.3 is 0 Å². The Morgan fingerprint density at radius 2 is 1.82 bits per heavy atom. The summed E-state index contributed by atoms with van der Waals surface area (Å²) in [4.78, 5) is 0. The molecule has 0 saturated heterocycles. The molecule has 2 aromatic rings. The lowest BCUT2D eigenvalue weighted by Crippen LogP contribution is -2.14. The van der Waals surface area contributed by atoms with Crippen LogP contribution in [0.25, 0.3) is 0 Å². The lowest BCUT2D eigenvalue weighted by atomic mass is 9.90. The van der Waals surface area contributed by atoms with Gasteiger partial charge in [0.15, 0.2) is 0 Å². The average molecular weight is 337 g/mol. The van der Waals surface area contributed by atoms with E-state index >= 15 is 0 Å². The molecule has 0 spiro atoms. The first-order valence-electron chi connectivity index (χ1n) is 7.50. The molecule has 0 bridgehead atoms. The summed E-state index contributed by atoms with van der Waals surface area (Å²) in [6, 6.07) is 9.12. The molecule has 1 saturated carbocycles. The van der Waals surface area contributed by atoms with Crippen LogP contribution in [-0.2, 0) is 15.8 Å². The van der Waals surface area contributed by atoms with E-state index in [9.17, 15) is 8.42 Å². The molecule has 118 valence electrons. The van der Waals surface area contributed by atoms with Gasteiger partial charge < -0.3 is 0 Å². The molecule has 1 fully saturated rings. The van der Waals surface area contributed by atoms with Crippen molar-refractivity contribution in [2.45, 2.75) is 43.8 Å². The van der Waals surface area contributed by atoms with Crippen molar-refractivity contribution in [2.75, 3.05) is 4.72 Å². The van der Waals surface area contributed by atoms with Crippen LogP contribution in [0.15, 0.2) is 30.3 Å². The lowest BCUT2D eigenvalue weighted by Gasteiger charge is -2.18. The van der Waals surface area contributed by atoms with Gasteiger partial charge in [-0.15, -0.1) is 10.2 Å². The van der Waals surface area contributed by atoms with Crippen LogP contribution >= 0.6 is 11.3 Å². The standard InChI is InChI=1S/C15H19N3O2S2/c19-22(20,11-12-7-3-1-4-8-12)18-15-17-16-14(21-15)13-9-5-2-6-10-13/h1,3-4,7-8,13H,2,5-6,9-11H2,(H,17,18). The van der Waals surface area contributed by atoms with Crippen LogP contribution in [0.1, 0.15) is 48.6 Å². The number of benzene rings is 1. The SMILES string of the molecule is O=S(=O)(Cc1ccccc1)Nc1nnc(C2CCCCC2)s1. The quantitative estimate of drug-likeness (QED) is 0.906. The van der Waals surface area contributed by atoms with E-state index in [1.807, 2.05) is 18.2 Å². The third-order valence-corrected chi connectivity index (χ3v) is 6.19. The number of nitrogens with zero attached hydrogens (tertiary/aromatic N) is 2. The van der Waals surface area contributed by atoms with E-state index in [1.54, 1.807) is 12.1 Å². The average Bonchev–Trinajstić information content (AvgIpc) is 2.96. The number of anilines is 1. The second-order valence-corrected chi connectivity index (χ2v) is 8.36. The molecule has 0 unspecified atom stereocenters. The number of sulfonamides is 1. The van der Waals surface area contributed by atoms with Crippen molar-refractivity contribution >= 4 is 26.5 Å². The zero-order chi connectivity index (χ0) is 15.4. The van der Waals surface area contributed by atoms with Crippen LogP contribution in [0.3, 0.4) is 0 Å². The molecule has 1 heterocycles. The number of hydrogen-bond acceptors (Lipinski definition) is 5. The third kappa shape index (κ3) is 4.04. The maximum Gasteiger partial charge on any atom is 0.238 e. The summed E-state index contributed by atoms with van der Waals surface area (Å²) in [7, 11) is -3.45. The van der Waals surface area contributed by atoms with Gasteiger partial charge in [-0.25, -0.2) is 8.42 Å². The largest absolute Gasteiger partial charge is 0.257 e. The molecule has 1 N–H and O–H groups in total. The summed E-state index contributed by atoms with van der Waals surface area (Å²) in [5.74, 6) is 0.394. The van der Waals surface area contributed by atoms with Crippen molar-refractivity contribution in [3.05, 3.63) is 40.9 Å². The highest BCUT2D eigenvalue weighted by Crippen LogP contribution is 2.35. The normalized spacial score (nSPS) is 16.5. The first-order valence-corrected chi connectivity index (χ1v) is 9.97. The van der Waals surface area contributed by atoms with Crippen LogP contribution in [0, 0.1) is 0 Å². The van der Waals surface area contributed by atoms with Gasteiger partial charge in [0, 0.05) is 5.92 Å². The first-order chi connectivity index (χ1) is 10.6. The molecule has 0 atom stereocenters. The fraction of sp³-hybridized carbons (Fsp3) is 0.467. The van der Waals surface area contributed by atoms with Crippen LogP contribution < -0.4 is 4.72 Å². The molecule has 1 aromatic carbocycles. The predicted molar refractivity (Wildman–Crippen MR) is 88.4 cm³/mol. The highest BCUT2D eigenvalue weighted by Gasteiger charge is 2.21. The summed E-state index contributed by atoms with van der Waals surface area (Å²) >= 11 is 1.36. The molecule has 22 heavy (non-hydrogen) atoms. The number of rotatable bonds is 5. The molecule has 5 nitrogen and oxygen atoms in total. The van der Waals surface area contributed by atoms with Gasteiger partial charge in [0.1, 0.15) is 5.01 Å². The van der Waals surface area contributed by atoms with Crippen molar-refractivity contribution < 1.29 is 8.42 Å². The monoisotopic (exact) mass is 337 g/mol. The van der Waals surface area contributed by atoms with Gasteiger partial charge in [-0.05, 0) is 18.4 Å². The molecule has 1 aliphatic rings. The van der Waals surface area contributed by atoms with Crippen LogP contribution in [0.4, 0.5) is 5.13 Å². The van der Waals surface area contributed by atoms with Crippen LogP contribution in [0.5, 0.6) is 0 Å². The molecule has 3 rings (SSSR count). The molecular weight excluding hydrogens is 318 g/mol. The van der Waals surface area contributed by atoms with Gasteiger partial charge in [-0.1, -0.05) is 60.9 Å². The molecule has 1 aliphatic carbocycles. The summed E-state index contributed by atoms with van der Waals surface area (Å²) < 4.78 is 26.9. The van der Waals surface area contributed by atoms with Crippen molar-refractivity contribution in [3.8, 4) is 0 Å². The molecule has 7 heteroatoms. The Balaban J connectivity index is 1.66. The van der Waals surface area contributed by atoms with E-state index in [1.165, 1.54) is 30.6 Å². The highest BCUT2D eigenvalue weighted by atomic mass is 32.2. The molecule has 1 aromatic heterocycles. The molecular formula is C15H19N3O2S2. The van der Waals surface area contributed by atoms with Gasteiger partial charge in [0.2, 0.25) is 15.2 Å². The van der Waals surface area contributed by atoms with E-state index in [-0.39, 0.29) is 5.75 Å². The first kappa shape index (κ1) is 15.4. The van der Waals surface area contributed by atoms with E-state index in [0.29, 0.717) is 11.0 Å². The second-order valence-electron chi connectivity index (χ2n) is 5.63. The van der Waals surface area contributed by atoms with Crippen molar-refractivity contribution in [1.29, 1.82) is 0 Å². The van der Waals surface area contributed by atoms with Gasteiger partial charge in [-0.3, -0.25) is 4.72 Å². The maximum absolute atomic E-state index is 12.2. The van der Waals surface area contributed by atoms with Gasteiger partial charge in [0.25, 0.3) is 0 Å². The van der Waals surface area contributed by atoms with Crippen molar-refractivity contribution in [2.24, 2.45) is 0 Å². The van der Waals surface area contributed by atoms with Crippen molar-refractivity contribution in [3.63, 3.8) is 0 Å². The Labute approximate surface area is 134 Å². The van der Waals surface area contributed by atoms with E-state index in [2.05, 4.69) is 14.9 Å². The predicted octanol–water partition coefficient (Wildman–Crippen LogP) is 3.53. The smallest absolute Gasteiger partial charge is 0.238 e. The van der Waals surface area contributed by atoms with Gasteiger partial charge in [0.05, 0.1) is 5.75 Å². The summed E-state index contributed by atoms with van der Waals surface area (Å²) in [5.41, 5.74) is 0.756. The van der Waals surface area contributed by atoms with E-state index in [0.717, 1.165) is 23.4 Å². The fourth-order valence-corrected chi connectivity index (χ4v) is 5.07. The Morgan fingerprint density at radius 3 is 2.55 bits per heavy atom. The second kappa shape index (κ2) is 6.75. The van der Waals surface area contributed by atoms with E-state index < -0.39 is 10.0 Å². The minimum atomic E-state index is -3.45. The minimum absolute atomic E-state index is 0.0494. The minimum Gasteiger partial charge on any atom is -0.257 e. The number of nitrogens with one attached hydrogen (secondary N) is 1. The lowest BCUT2D eigenvalue weighted by molar-refractivity contribution is 0.440. The Morgan fingerprint density at radius 1 is 1.09 bits per heavy atom. The zero-order valence-corrected chi connectivity index (χ0v) is 13.9. The summed E-state index contributed by atoms with van der Waals surface area (Å²) in [6.45, 7) is 0. The fourth-order valence-electron chi connectivity index (χ4n) is 2.75. The maximum atomic E-state index is 12.2. The Hall–Kier alpha value is -1.47. The third-order valence-electron chi connectivity index (χ3n) is 3.84. The molecule has 0 radical (unpaired) electrons. The van der Waals surface area contributed by atoms with Crippen LogP contribution in [-0.4, -0.2) is 18.6 Å². The van der Waals surface area contributed by atoms with Crippen LogP contribution in [0.2, 0.25) is 0 Å². The van der Waals surface area contributed by atoms with Gasteiger partial charge in [-0.2, -0.15) is 0 Å². The Kier molecular flexibility index (Phi) is 4.73. The number of hydrogen-bond donors (Lipinski definition) is 1. The Bertz CT molecular complexity index is 707. The van der Waals surface area contributed by atoms with Crippen molar-refractivity contribution in [1.82, 2.24) is 10.2 Å². The molecule has 0 amide bonds. The zero-order valence-electron chi connectivity index (χ0n) is 12.2. The van der Waals surface area contributed by atoms with E-state index in [4.69, 9.17) is 0 Å². The topological polar surface area (TPSA) is 72.0 Å². The number of aromatic nitrogens is 2.